The fourth-order valence-corrected chi connectivity index (χ4v) is 5.94. The Labute approximate surface area is 180 Å². The first-order chi connectivity index (χ1) is 14.9. The fraction of sp³-hybridized carbons (Fsp3) is 0. The van der Waals surface area contributed by atoms with E-state index in [1.54, 1.807) is 22.7 Å². The van der Waals surface area contributed by atoms with Crippen molar-refractivity contribution in [2.45, 2.75) is 0 Å². The molecule has 0 aliphatic carbocycles. The Morgan fingerprint density at radius 3 is 2.17 bits per heavy atom. The van der Waals surface area contributed by atoms with E-state index in [9.17, 15) is 0 Å². The molecule has 142 valence electrons. The summed E-state index contributed by atoms with van der Waals surface area (Å²) in [4.78, 5) is 0. The van der Waals surface area contributed by atoms with Crippen LogP contribution in [0.5, 0.6) is 0 Å². The number of thiophene rings is 2. The van der Waals surface area contributed by atoms with E-state index in [1.165, 1.54) is 55.1 Å². The molecule has 0 saturated heterocycles. The van der Waals surface area contributed by atoms with Gasteiger partial charge in [0, 0.05) is 34.3 Å². The zero-order chi connectivity index (χ0) is 19.7. The fourth-order valence-electron chi connectivity index (χ4n) is 4.64. The summed E-state index contributed by atoms with van der Waals surface area (Å²) in [5.41, 5.74) is 8.82. The van der Waals surface area contributed by atoms with Gasteiger partial charge in [0.2, 0.25) is 0 Å². The molecule has 0 saturated carbocycles. The SMILES string of the molecule is c1cc2c3cc4cc(-c5ccsc5)c5cccn5c4cc3cc(-c3ccsc3)n2c1. The Morgan fingerprint density at radius 1 is 0.600 bits per heavy atom. The molecule has 0 radical (unpaired) electrons. The molecule has 0 amide bonds. The van der Waals surface area contributed by atoms with Gasteiger partial charge in [0.15, 0.2) is 0 Å². The lowest BCUT2D eigenvalue weighted by Gasteiger charge is -2.13. The van der Waals surface area contributed by atoms with Crippen LogP contribution in [0.4, 0.5) is 0 Å². The molecule has 2 nitrogen and oxygen atoms in total. The third-order valence-corrected chi connectivity index (χ3v) is 7.37. The van der Waals surface area contributed by atoms with Crippen molar-refractivity contribution in [3.8, 4) is 22.4 Å². The van der Waals surface area contributed by atoms with Gasteiger partial charge in [-0.2, -0.15) is 22.7 Å². The molecule has 6 aromatic heterocycles. The predicted molar refractivity (Wildman–Crippen MR) is 130 cm³/mol. The Balaban J connectivity index is 1.63. The molecular weight excluding hydrogens is 404 g/mol. The molecule has 0 atom stereocenters. The molecule has 4 heteroatoms. The third kappa shape index (κ3) is 2.23. The number of aromatic nitrogens is 2. The molecule has 0 spiro atoms. The van der Waals surface area contributed by atoms with E-state index >= 15 is 0 Å². The van der Waals surface area contributed by atoms with Crippen LogP contribution in [0.3, 0.4) is 0 Å². The molecule has 0 unspecified atom stereocenters. The molecule has 30 heavy (non-hydrogen) atoms. The Morgan fingerprint density at radius 2 is 1.37 bits per heavy atom. The highest BCUT2D eigenvalue weighted by molar-refractivity contribution is 7.08. The number of hydrogen-bond acceptors (Lipinski definition) is 2. The molecule has 0 bridgehead atoms. The van der Waals surface area contributed by atoms with Gasteiger partial charge >= 0.3 is 0 Å². The van der Waals surface area contributed by atoms with Gasteiger partial charge in [0.05, 0.1) is 22.2 Å². The van der Waals surface area contributed by atoms with Crippen molar-refractivity contribution >= 4 is 55.4 Å². The number of nitrogens with zero attached hydrogens (tertiary/aromatic N) is 2. The van der Waals surface area contributed by atoms with Crippen molar-refractivity contribution < 1.29 is 0 Å². The molecular formula is C26H16N2S2. The molecule has 7 aromatic rings. The summed E-state index contributed by atoms with van der Waals surface area (Å²) in [6, 6.07) is 22.5. The summed E-state index contributed by atoms with van der Waals surface area (Å²) < 4.78 is 4.64. The second-order valence-corrected chi connectivity index (χ2v) is 9.20. The van der Waals surface area contributed by atoms with E-state index in [0.29, 0.717) is 0 Å². The molecule has 1 aromatic carbocycles. The van der Waals surface area contributed by atoms with Crippen molar-refractivity contribution in [2.24, 2.45) is 0 Å². The van der Waals surface area contributed by atoms with Crippen LogP contribution in [-0.4, -0.2) is 8.80 Å². The molecule has 0 fully saturated rings. The number of pyridine rings is 2. The van der Waals surface area contributed by atoms with Crippen molar-refractivity contribution in [3.05, 3.63) is 94.6 Å². The van der Waals surface area contributed by atoms with Crippen molar-refractivity contribution in [1.29, 1.82) is 0 Å². The highest BCUT2D eigenvalue weighted by atomic mass is 32.1. The summed E-state index contributed by atoms with van der Waals surface area (Å²) in [6.45, 7) is 0. The monoisotopic (exact) mass is 420 g/mol. The average molecular weight is 421 g/mol. The maximum atomic E-state index is 2.35. The van der Waals surface area contributed by atoms with E-state index in [1.807, 2.05) is 0 Å². The zero-order valence-corrected chi connectivity index (χ0v) is 17.6. The topological polar surface area (TPSA) is 8.82 Å². The Bertz CT molecular complexity index is 1550. The van der Waals surface area contributed by atoms with Crippen LogP contribution in [0.1, 0.15) is 0 Å². The summed E-state index contributed by atoms with van der Waals surface area (Å²) in [5.74, 6) is 0. The van der Waals surface area contributed by atoms with Crippen LogP contribution in [-0.2, 0) is 0 Å². The van der Waals surface area contributed by atoms with Gasteiger partial charge in [-0.05, 0) is 93.1 Å². The van der Waals surface area contributed by atoms with Crippen molar-refractivity contribution in [3.63, 3.8) is 0 Å². The Hall–Kier alpha value is -3.34. The lowest BCUT2D eigenvalue weighted by atomic mass is 10.0. The van der Waals surface area contributed by atoms with Gasteiger partial charge in [0.1, 0.15) is 0 Å². The van der Waals surface area contributed by atoms with Gasteiger partial charge in [-0.15, -0.1) is 0 Å². The van der Waals surface area contributed by atoms with E-state index in [-0.39, 0.29) is 0 Å². The van der Waals surface area contributed by atoms with E-state index in [2.05, 4.69) is 103 Å². The standard InChI is InChI=1S/C26H16N2S2/c1-3-23-21(17-5-9-29-15-17)11-20-12-22-19(14-26(20)28(23)8-1)13-25(18-6-10-30-16-18)27-7-2-4-24(22)27/h1-16H. The third-order valence-electron chi connectivity index (χ3n) is 6.01. The largest absolute Gasteiger partial charge is 0.316 e. The van der Waals surface area contributed by atoms with E-state index in [4.69, 9.17) is 0 Å². The highest BCUT2D eigenvalue weighted by Crippen LogP contribution is 2.36. The number of benzene rings is 1. The first kappa shape index (κ1) is 16.5. The van der Waals surface area contributed by atoms with Crippen molar-refractivity contribution in [1.82, 2.24) is 8.80 Å². The molecule has 0 aliphatic heterocycles. The number of hydrogen-bond donors (Lipinski definition) is 0. The Kier molecular flexibility index (Phi) is 3.34. The van der Waals surface area contributed by atoms with Gasteiger partial charge in [-0.25, -0.2) is 0 Å². The van der Waals surface area contributed by atoms with E-state index in [0.717, 1.165) is 0 Å². The second-order valence-electron chi connectivity index (χ2n) is 7.64. The maximum absolute atomic E-state index is 2.35. The summed E-state index contributed by atoms with van der Waals surface area (Å²) in [5, 5.41) is 12.6. The van der Waals surface area contributed by atoms with Crippen LogP contribution in [0.25, 0.3) is 55.1 Å². The lowest BCUT2D eigenvalue weighted by Crippen LogP contribution is -1.94. The van der Waals surface area contributed by atoms with Crippen molar-refractivity contribution in [2.75, 3.05) is 0 Å². The number of fused-ring (bicyclic) bond motifs is 6. The minimum atomic E-state index is 1.24. The van der Waals surface area contributed by atoms with Gasteiger partial charge in [-0.3, -0.25) is 0 Å². The van der Waals surface area contributed by atoms with Crippen LogP contribution in [0.15, 0.2) is 94.6 Å². The van der Waals surface area contributed by atoms with E-state index < -0.39 is 0 Å². The predicted octanol–water partition coefficient (Wildman–Crippen LogP) is 7.96. The summed E-state index contributed by atoms with van der Waals surface area (Å²) in [6.07, 6.45) is 4.34. The first-order valence-corrected chi connectivity index (χ1v) is 11.8. The average Bonchev–Trinajstić information content (AvgIpc) is 3.57. The van der Waals surface area contributed by atoms with Crippen LogP contribution >= 0.6 is 22.7 Å². The lowest BCUT2D eigenvalue weighted by molar-refractivity contribution is 1.22. The molecule has 0 N–H and O–H groups in total. The quantitative estimate of drug-likeness (QED) is 0.251. The minimum absolute atomic E-state index is 1.24. The zero-order valence-electron chi connectivity index (χ0n) is 15.9. The summed E-state index contributed by atoms with van der Waals surface area (Å²) in [7, 11) is 0. The van der Waals surface area contributed by atoms with Gasteiger partial charge < -0.3 is 8.80 Å². The van der Waals surface area contributed by atoms with Crippen LogP contribution < -0.4 is 0 Å². The maximum Gasteiger partial charge on any atom is 0.0542 e. The minimum Gasteiger partial charge on any atom is -0.316 e. The number of rotatable bonds is 2. The normalized spacial score (nSPS) is 12.0. The van der Waals surface area contributed by atoms with Crippen LogP contribution in [0, 0.1) is 0 Å². The summed E-state index contributed by atoms with van der Waals surface area (Å²) >= 11 is 3.49. The second kappa shape index (κ2) is 6.08. The first-order valence-electron chi connectivity index (χ1n) is 9.90. The molecule has 0 aliphatic rings. The van der Waals surface area contributed by atoms with Crippen LogP contribution in [0.2, 0.25) is 0 Å². The molecule has 6 heterocycles. The molecule has 7 rings (SSSR count). The van der Waals surface area contributed by atoms with Gasteiger partial charge in [-0.1, -0.05) is 0 Å². The smallest absolute Gasteiger partial charge is 0.0542 e. The highest BCUT2D eigenvalue weighted by Gasteiger charge is 2.13. The van der Waals surface area contributed by atoms with Gasteiger partial charge in [0.25, 0.3) is 0 Å².